The molecule has 1 aliphatic heterocycles. The summed E-state index contributed by atoms with van der Waals surface area (Å²) in [5.74, 6) is -0.0263. The van der Waals surface area contributed by atoms with E-state index < -0.39 is 0 Å². The normalized spacial score (nSPS) is 18.2. The number of carbonyl (C=O) groups is 1. The predicted octanol–water partition coefficient (Wildman–Crippen LogP) is 1.90. The lowest BCUT2D eigenvalue weighted by molar-refractivity contribution is -0.129. The largest absolute Gasteiger partial charge is 0.353 e. The highest BCUT2D eigenvalue weighted by molar-refractivity contribution is 9.10. The second kappa shape index (κ2) is 6.90. The minimum atomic E-state index is -0.389. The number of halogens is 1. The van der Waals surface area contributed by atoms with Gasteiger partial charge >= 0.3 is 0 Å². The van der Waals surface area contributed by atoms with Crippen LogP contribution in [-0.4, -0.2) is 38.5 Å². The third kappa shape index (κ3) is 3.29. The predicted molar refractivity (Wildman–Crippen MR) is 102 cm³/mol. The second-order valence-electron chi connectivity index (χ2n) is 6.14. The van der Waals surface area contributed by atoms with E-state index in [0.29, 0.717) is 30.3 Å². The molecule has 1 fully saturated rings. The van der Waals surface area contributed by atoms with Crippen molar-refractivity contribution in [2.45, 2.75) is 19.5 Å². The molecule has 1 atom stereocenters. The molecule has 26 heavy (non-hydrogen) atoms. The van der Waals surface area contributed by atoms with Crippen molar-refractivity contribution >= 4 is 38.1 Å². The molecule has 0 saturated carbocycles. The Morgan fingerprint density at radius 3 is 3.00 bits per heavy atom. The number of fused-ring (bicyclic) bond motifs is 1. The molecule has 3 heterocycles. The third-order valence-electron chi connectivity index (χ3n) is 4.23. The molecule has 9 heteroatoms. The van der Waals surface area contributed by atoms with Crippen molar-refractivity contribution < 1.29 is 4.79 Å². The molecule has 3 aromatic rings. The van der Waals surface area contributed by atoms with Gasteiger partial charge in [0.15, 0.2) is 0 Å². The van der Waals surface area contributed by atoms with Crippen LogP contribution in [0.4, 0.5) is 0 Å². The van der Waals surface area contributed by atoms with Crippen molar-refractivity contribution in [3.05, 3.63) is 61.4 Å². The van der Waals surface area contributed by atoms with Crippen LogP contribution in [0.5, 0.6) is 0 Å². The van der Waals surface area contributed by atoms with Crippen LogP contribution in [0.25, 0.3) is 4.96 Å². The zero-order valence-corrected chi connectivity index (χ0v) is 16.4. The molecule has 1 N–H and O–H groups in total. The van der Waals surface area contributed by atoms with Gasteiger partial charge in [-0.3, -0.25) is 14.5 Å². The van der Waals surface area contributed by atoms with Gasteiger partial charge < -0.3 is 5.32 Å². The topological polar surface area (TPSA) is 79.6 Å². The van der Waals surface area contributed by atoms with Gasteiger partial charge in [-0.05, 0) is 24.6 Å². The van der Waals surface area contributed by atoms with Gasteiger partial charge in [-0.25, -0.2) is 4.98 Å². The highest BCUT2D eigenvalue weighted by atomic mass is 79.9. The number of carbonyl (C=O) groups excluding carboxylic acids is 1. The summed E-state index contributed by atoms with van der Waals surface area (Å²) in [6, 6.07) is 8.83. The van der Waals surface area contributed by atoms with E-state index in [-0.39, 0.29) is 17.5 Å². The van der Waals surface area contributed by atoms with E-state index in [1.165, 1.54) is 21.9 Å². The fourth-order valence-corrected chi connectivity index (χ4v) is 4.51. The standard InChI is InChI=1S/C17H16BrN5O2S/c1-10-7-14(24)23-17(20-10)26-13(21-23)9-22-6-5-19-16(25)15(22)11-3-2-4-12(18)8-11/h2-4,7-8,15H,5-6,9H2,1H3,(H,19,25). The van der Waals surface area contributed by atoms with Crippen LogP contribution in [-0.2, 0) is 11.3 Å². The highest BCUT2D eigenvalue weighted by Crippen LogP contribution is 2.28. The zero-order valence-electron chi connectivity index (χ0n) is 14.0. The summed E-state index contributed by atoms with van der Waals surface area (Å²) in [4.78, 5) is 31.6. The van der Waals surface area contributed by atoms with Crippen molar-refractivity contribution in [2.75, 3.05) is 13.1 Å². The quantitative estimate of drug-likeness (QED) is 0.681. The first-order chi connectivity index (χ1) is 12.5. The third-order valence-corrected chi connectivity index (χ3v) is 5.62. The summed E-state index contributed by atoms with van der Waals surface area (Å²) in [5, 5.41) is 8.08. The van der Waals surface area contributed by atoms with Gasteiger partial charge in [-0.15, -0.1) is 0 Å². The minimum absolute atomic E-state index is 0.0263. The summed E-state index contributed by atoms with van der Waals surface area (Å²) in [5.41, 5.74) is 1.41. The van der Waals surface area contributed by atoms with Gasteiger partial charge in [0, 0.05) is 29.3 Å². The van der Waals surface area contributed by atoms with Crippen molar-refractivity contribution in [3.63, 3.8) is 0 Å². The molecule has 134 valence electrons. The molecule has 0 aliphatic carbocycles. The Bertz CT molecular complexity index is 1050. The molecule has 0 spiro atoms. The maximum absolute atomic E-state index is 12.5. The van der Waals surface area contributed by atoms with Crippen LogP contribution in [0, 0.1) is 6.92 Å². The van der Waals surface area contributed by atoms with E-state index in [4.69, 9.17) is 0 Å². The summed E-state index contributed by atoms with van der Waals surface area (Å²) in [6.45, 7) is 3.57. The van der Waals surface area contributed by atoms with Crippen molar-refractivity contribution in [2.24, 2.45) is 0 Å². The van der Waals surface area contributed by atoms with E-state index in [0.717, 1.165) is 15.0 Å². The first kappa shape index (κ1) is 17.3. The van der Waals surface area contributed by atoms with E-state index in [1.807, 2.05) is 24.3 Å². The maximum Gasteiger partial charge on any atom is 0.275 e. The number of hydrogen-bond acceptors (Lipinski definition) is 6. The van der Waals surface area contributed by atoms with Crippen molar-refractivity contribution in [1.29, 1.82) is 0 Å². The Morgan fingerprint density at radius 1 is 1.35 bits per heavy atom. The van der Waals surface area contributed by atoms with Gasteiger partial charge in [0.1, 0.15) is 11.0 Å². The Morgan fingerprint density at radius 2 is 2.19 bits per heavy atom. The monoisotopic (exact) mass is 433 g/mol. The molecule has 1 saturated heterocycles. The van der Waals surface area contributed by atoms with Gasteiger partial charge in [-0.2, -0.15) is 9.61 Å². The first-order valence-corrected chi connectivity index (χ1v) is 9.76. The van der Waals surface area contributed by atoms with Gasteiger partial charge in [-0.1, -0.05) is 39.4 Å². The number of nitrogens with one attached hydrogen (secondary N) is 1. The molecule has 1 amide bonds. The van der Waals surface area contributed by atoms with E-state index >= 15 is 0 Å². The number of nitrogens with zero attached hydrogens (tertiary/aromatic N) is 4. The lowest BCUT2D eigenvalue weighted by atomic mass is 10.0. The van der Waals surface area contributed by atoms with Crippen LogP contribution in [0.1, 0.15) is 22.3 Å². The number of rotatable bonds is 3. The number of benzene rings is 1. The number of piperazine rings is 1. The molecule has 1 unspecified atom stereocenters. The molecule has 7 nitrogen and oxygen atoms in total. The van der Waals surface area contributed by atoms with Crippen LogP contribution in [0.2, 0.25) is 0 Å². The van der Waals surface area contributed by atoms with Gasteiger partial charge in [0.05, 0.1) is 6.54 Å². The molecule has 0 bridgehead atoms. The summed E-state index contributed by atoms with van der Waals surface area (Å²) >= 11 is 4.85. The molecule has 4 rings (SSSR count). The number of aromatic nitrogens is 3. The highest BCUT2D eigenvalue weighted by Gasteiger charge is 2.32. The van der Waals surface area contributed by atoms with E-state index in [9.17, 15) is 9.59 Å². The van der Waals surface area contributed by atoms with Crippen LogP contribution >= 0.6 is 27.3 Å². The fourth-order valence-electron chi connectivity index (χ4n) is 3.12. The molecule has 0 radical (unpaired) electrons. The van der Waals surface area contributed by atoms with Crippen LogP contribution in [0.15, 0.2) is 39.6 Å². The number of hydrogen-bond donors (Lipinski definition) is 1. The SMILES string of the molecule is Cc1cc(=O)n2nc(CN3CCNC(=O)C3c3cccc(Br)c3)sc2n1. The summed E-state index contributed by atoms with van der Waals surface area (Å²) in [7, 11) is 0. The molecule has 1 aromatic carbocycles. The molecular weight excluding hydrogens is 418 g/mol. The molecular formula is C17H16BrN5O2S. The Hall–Kier alpha value is -2.10. The van der Waals surface area contributed by atoms with Crippen LogP contribution in [0.3, 0.4) is 0 Å². The lowest BCUT2D eigenvalue weighted by Crippen LogP contribution is -2.49. The van der Waals surface area contributed by atoms with Gasteiger partial charge in [0.2, 0.25) is 10.9 Å². The number of amides is 1. The smallest absolute Gasteiger partial charge is 0.275 e. The van der Waals surface area contributed by atoms with Crippen molar-refractivity contribution in [1.82, 2.24) is 24.8 Å². The summed E-state index contributed by atoms with van der Waals surface area (Å²) in [6.07, 6.45) is 0. The summed E-state index contributed by atoms with van der Waals surface area (Å²) < 4.78 is 2.25. The van der Waals surface area contributed by atoms with Gasteiger partial charge in [0.25, 0.3) is 5.56 Å². The zero-order chi connectivity index (χ0) is 18.3. The number of aryl methyl sites for hydroxylation is 1. The molecule has 1 aliphatic rings. The minimum Gasteiger partial charge on any atom is -0.353 e. The Labute approximate surface area is 161 Å². The Kier molecular flexibility index (Phi) is 4.60. The second-order valence-corrected chi connectivity index (χ2v) is 8.10. The van der Waals surface area contributed by atoms with E-state index in [1.54, 1.807) is 6.92 Å². The lowest BCUT2D eigenvalue weighted by Gasteiger charge is -2.34. The van der Waals surface area contributed by atoms with E-state index in [2.05, 4.69) is 36.2 Å². The average molecular weight is 434 g/mol. The van der Waals surface area contributed by atoms with Crippen molar-refractivity contribution in [3.8, 4) is 0 Å². The maximum atomic E-state index is 12.5. The average Bonchev–Trinajstić information content (AvgIpc) is 2.97. The van der Waals surface area contributed by atoms with Crippen LogP contribution < -0.4 is 10.9 Å². The Balaban J connectivity index is 1.68. The fraction of sp³-hybridized carbons (Fsp3) is 0.294. The molecule has 2 aromatic heterocycles. The first-order valence-electron chi connectivity index (χ1n) is 8.15.